The summed E-state index contributed by atoms with van der Waals surface area (Å²) in [5, 5.41) is 1.50. The minimum atomic E-state index is -1.05. The number of halogens is 2. The molecule has 0 bridgehead atoms. The highest BCUT2D eigenvalue weighted by Crippen LogP contribution is 2.48. The molecule has 0 aromatic heterocycles. The van der Waals surface area contributed by atoms with Gasteiger partial charge in [-0.3, -0.25) is 4.79 Å². The van der Waals surface area contributed by atoms with E-state index in [4.69, 9.17) is 23.2 Å². The minimum Gasteiger partial charge on any atom is -0.331 e. The summed E-state index contributed by atoms with van der Waals surface area (Å²) in [6, 6.07) is 17.5. The maximum atomic E-state index is 13.9. The second-order valence-corrected chi connectivity index (χ2v) is 12.2. The lowest BCUT2D eigenvalue weighted by molar-refractivity contribution is -0.153. The number of benzene rings is 2. The van der Waals surface area contributed by atoms with Crippen LogP contribution in [0.25, 0.3) is 0 Å². The van der Waals surface area contributed by atoms with Gasteiger partial charge in [0.05, 0.1) is 22.4 Å². The van der Waals surface area contributed by atoms with Crippen LogP contribution in [-0.2, 0) is 15.8 Å². The van der Waals surface area contributed by atoms with Gasteiger partial charge < -0.3 is 4.90 Å². The highest BCUT2D eigenvalue weighted by atomic mass is 35.5. The van der Waals surface area contributed by atoms with Crippen LogP contribution in [0.4, 0.5) is 0 Å². The molecule has 4 rings (SSSR count). The van der Waals surface area contributed by atoms with Crippen LogP contribution >= 0.6 is 23.2 Å². The van der Waals surface area contributed by atoms with E-state index >= 15 is 0 Å². The Morgan fingerprint density at radius 3 is 2.19 bits per heavy atom. The van der Waals surface area contributed by atoms with Gasteiger partial charge in [-0.25, -0.2) is 8.51 Å². The highest BCUT2D eigenvalue weighted by Gasteiger charge is 2.49. The summed E-state index contributed by atoms with van der Waals surface area (Å²) in [4.78, 5) is 16.0. The smallest absolute Gasteiger partial charge is 0.229 e. The predicted molar refractivity (Wildman–Crippen MR) is 152 cm³/mol. The Hall–Kier alpha value is -1.66. The lowest BCUT2D eigenvalue weighted by Crippen LogP contribution is -2.56. The summed E-state index contributed by atoms with van der Waals surface area (Å²) in [6.07, 6.45) is 8.30. The number of allylic oxidation sites excluding steroid dienone is 1. The summed E-state index contributed by atoms with van der Waals surface area (Å²) < 4.78 is 14.2. The third-order valence-electron chi connectivity index (χ3n) is 7.27. The molecule has 2 aliphatic rings. The lowest BCUT2D eigenvalue weighted by atomic mass is 9.74. The van der Waals surface area contributed by atoms with E-state index in [-0.39, 0.29) is 18.0 Å². The molecule has 1 aliphatic carbocycles. The first kappa shape index (κ1) is 28.9. The first-order chi connectivity index (χ1) is 17.2. The number of nitrogens with zero attached hydrogens (tertiary/aromatic N) is 2. The van der Waals surface area contributed by atoms with Crippen LogP contribution in [0.15, 0.2) is 67.3 Å². The van der Waals surface area contributed by atoms with Crippen molar-refractivity contribution in [1.29, 1.82) is 0 Å². The molecule has 36 heavy (non-hydrogen) atoms. The molecule has 2 aromatic rings. The Balaban J connectivity index is 0.000000444. The van der Waals surface area contributed by atoms with Gasteiger partial charge in [-0.05, 0) is 67.9 Å². The highest BCUT2D eigenvalue weighted by molar-refractivity contribution is 7.81. The number of amides is 1. The molecule has 0 N–H and O–H groups in total. The molecule has 0 radical (unpaired) electrons. The molecule has 1 amide bonds. The average Bonchev–Trinajstić information content (AvgIpc) is 3.69. The van der Waals surface area contributed by atoms with Gasteiger partial charge in [0.15, 0.2) is 0 Å². The molecule has 1 saturated carbocycles. The number of likely N-dealkylation sites (N-methyl/N-ethyl adjacent to an activating group) is 1. The molecule has 196 valence electrons. The molecular formula is C29H38Cl2N2O2S. The Kier molecular flexibility index (Phi) is 10.6. The molecule has 0 spiro atoms. The third kappa shape index (κ3) is 7.44. The van der Waals surface area contributed by atoms with Gasteiger partial charge in [0.25, 0.3) is 0 Å². The summed E-state index contributed by atoms with van der Waals surface area (Å²) in [5.41, 5.74) is 0.718. The number of rotatable bonds is 9. The maximum Gasteiger partial charge on any atom is 0.229 e. The molecule has 2 fully saturated rings. The lowest BCUT2D eigenvalue weighted by Gasteiger charge is -2.49. The minimum absolute atomic E-state index is 0.0345. The van der Waals surface area contributed by atoms with E-state index < -0.39 is 16.4 Å². The quantitative estimate of drug-likeness (QED) is 0.308. The van der Waals surface area contributed by atoms with Gasteiger partial charge in [-0.15, -0.1) is 6.58 Å². The zero-order valence-electron chi connectivity index (χ0n) is 21.5. The fourth-order valence-corrected chi connectivity index (χ4v) is 6.04. The Bertz CT molecular complexity index is 1030. The van der Waals surface area contributed by atoms with Crippen molar-refractivity contribution in [1.82, 2.24) is 9.21 Å². The Morgan fingerprint density at radius 2 is 1.72 bits per heavy atom. The molecule has 1 heterocycles. The molecular weight excluding hydrogens is 511 g/mol. The van der Waals surface area contributed by atoms with Crippen molar-refractivity contribution in [2.75, 3.05) is 19.3 Å². The number of piperidine rings is 1. The molecule has 2 aromatic carbocycles. The van der Waals surface area contributed by atoms with Crippen LogP contribution < -0.4 is 0 Å². The average molecular weight is 550 g/mol. The van der Waals surface area contributed by atoms with Crippen LogP contribution in [-0.4, -0.2) is 44.7 Å². The number of hydrogen-bond acceptors (Lipinski definition) is 2. The van der Waals surface area contributed by atoms with Crippen LogP contribution in [0, 0.1) is 11.3 Å². The molecule has 1 saturated heterocycles. The zero-order chi connectivity index (χ0) is 26.3. The largest absolute Gasteiger partial charge is 0.331 e. The van der Waals surface area contributed by atoms with E-state index in [9.17, 15) is 9.00 Å². The first-order valence-electron chi connectivity index (χ1n) is 12.7. The maximum absolute atomic E-state index is 13.9. The fraction of sp³-hybridized carbons (Fsp3) is 0.483. The van der Waals surface area contributed by atoms with Crippen molar-refractivity contribution in [3.05, 3.63) is 82.9 Å². The van der Waals surface area contributed by atoms with Crippen LogP contribution in [0.2, 0.25) is 10.0 Å². The van der Waals surface area contributed by atoms with Crippen molar-refractivity contribution < 1.29 is 9.00 Å². The molecule has 7 heteroatoms. The standard InChI is InChI=1S/C23H33ClN2O2S.C6H5Cl/c1-5-14-23(3)15-13-20(17-9-11-19(24)12-10-17)26(22(23)27)21(18-7-8-18)16-25(6-2)29(4)28;7-6-4-2-1-3-5-6/h5,9-12,18,20-21H,1,6-8,13-16H2,2-4H3;1-5H/t20-,21?,23-,29?;/m0./s1. The SMILES string of the molecule is C=CC[C@@]1(C)CC[C@@H](c2ccc(Cl)cc2)N(C(CN(CC)S(C)=O)C2CC2)C1=O.Clc1ccccc1. The third-order valence-corrected chi connectivity index (χ3v) is 8.91. The van der Waals surface area contributed by atoms with Gasteiger partial charge in [0, 0.05) is 35.4 Å². The van der Waals surface area contributed by atoms with E-state index in [1.54, 1.807) is 6.26 Å². The van der Waals surface area contributed by atoms with Crippen LogP contribution in [0.1, 0.15) is 57.6 Å². The number of carbonyl (C=O) groups is 1. The molecule has 4 atom stereocenters. The topological polar surface area (TPSA) is 40.6 Å². The van der Waals surface area contributed by atoms with E-state index in [2.05, 4.69) is 18.4 Å². The molecule has 2 unspecified atom stereocenters. The molecule has 4 nitrogen and oxygen atoms in total. The normalized spacial score (nSPS) is 23.6. The van der Waals surface area contributed by atoms with E-state index in [1.807, 2.05) is 71.9 Å². The zero-order valence-corrected chi connectivity index (χ0v) is 23.9. The van der Waals surface area contributed by atoms with Gasteiger partial charge in [-0.2, -0.15) is 0 Å². The van der Waals surface area contributed by atoms with Crippen molar-refractivity contribution in [2.45, 2.75) is 58.0 Å². The van der Waals surface area contributed by atoms with E-state index in [0.29, 0.717) is 30.5 Å². The van der Waals surface area contributed by atoms with Crippen molar-refractivity contribution in [2.24, 2.45) is 11.3 Å². The summed E-state index contributed by atoms with van der Waals surface area (Å²) >= 11 is 11.7. The van der Waals surface area contributed by atoms with Crippen molar-refractivity contribution >= 4 is 40.1 Å². The predicted octanol–water partition coefficient (Wildman–Crippen LogP) is 7.32. The van der Waals surface area contributed by atoms with Crippen LogP contribution in [0.3, 0.4) is 0 Å². The second-order valence-electron chi connectivity index (χ2n) is 9.98. The Labute approximate surface area is 229 Å². The van der Waals surface area contributed by atoms with Crippen LogP contribution in [0.5, 0.6) is 0 Å². The molecule has 1 aliphatic heterocycles. The first-order valence-corrected chi connectivity index (χ1v) is 15.0. The van der Waals surface area contributed by atoms with Gasteiger partial charge in [-0.1, -0.05) is 73.5 Å². The summed E-state index contributed by atoms with van der Waals surface area (Å²) in [6.45, 7) is 9.36. The monoisotopic (exact) mass is 548 g/mol. The van der Waals surface area contributed by atoms with Crippen molar-refractivity contribution in [3.63, 3.8) is 0 Å². The number of likely N-dealkylation sites (tertiary alicyclic amines) is 1. The van der Waals surface area contributed by atoms with E-state index in [0.717, 1.165) is 36.3 Å². The van der Waals surface area contributed by atoms with E-state index in [1.165, 1.54) is 0 Å². The van der Waals surface area contributed by atoms with Gasteiger partial charge >= 0.3 is 0 Å². The Morgan fingerprint density at radius 1 is 1.11 bits per heavy atom. The summed E-state index contributed by atoms with van der Waals surface area (Å²) in [5.74, 6) is 0.691. The number of carbonyl (C=O) groups excluding carboxylic acids is 1. The fourth-order valence-electron chi connectivity index (χ4n) is 5.04. The second kappa shape index (κ2) is 13.2. The number of hydrogen-bond donors (Lipinski definition) is 0. The van der Waals surface area contributed by atoms with Gasteiger partial charge in [0.1, 0.15) is 0 Å². The van der Waals surface area contributed by atoms with Crippen molar-refractivity contribution in [3.8, 4) is 0 Å². The van der Waals surface area contributed by atoms with Gasteiger partial charge in [0.2, 0.25) is 5.91 Å². The summed E-state index contributed by atoms with van der Waals surface area (Å²) in [7, 11) is -1.05.